The van der Waals surface area contributed by atoms with Gasteiger partial charge in [0.25, 0.3) is 0 Å². The Morgan fingerprint density at radius 3 is 2.59 bits per heavy atom. The number of halogens is 2. The molecule has 4 rings (SSSR count). The standard InChI is InChI=1S/C20H22ClFN6O/c1-13-2-5-15(12-17(13)21)24-19-25-18(23)26-20(27-8-10-29-11-9-27)28(19)16-6-3-14(22)4-7-16/h2-7,12,19,24H,8-11H2,1H3,(H2,23,25). The zero-order chi connectivity index (χ0) is 20.4. The molecule has 3 N–H and O–H groups in total. The van der Waals surface area contributed by atoms with Gasteiger partial charge in [-0.3, -0.25) is 4.90 Å². The van der Waals surface area contributed by atoms with E-state index in [1.54, 1.807) is 12.1 Å². The van der Waals surface area contributed by atoms with Gasteiger partial charge in [0.1, 0.15) is 5.82 Å². The third kappa shape index (κ3) is 4.28. The fourth-order valence-corrected chi connectivity index (χ4v) is 3.43. The van der Waals surface area contributed by atoms with E-state index >= 15 is 0 Å². The Hall–Kier alpha value is -2.84. The molecule has 0 saturated carbocycles. The maximum Gasteiger partial charge on any atom is 0.222 e. The second-order valence-corrected chi connectivity index (χ2v) is 7.23. The molecule has 1 saturated heterocycles. The van der Waals surface area contributed by atoms with Crippen molar-refractivity contribution in [3.63, 3.8) is 0 Å². The fraction of sp³-hybridized carbons (Fsp3) is 0.300. The maximum atomic E-state index is 13.5. The van der Waals surface area contributed by atoms with Crippen molar-refractivity contribution in [1.29, 1.82) is 0 Å². The van der Waals surface area contributed by atoms with Crippen molar-refractivity contribution in [2.24, 2.45) is 15.7 Å². The average Bonchev–Trinajstić information content (AvgIpc) is 2.72. The first-order chi connectivity index (χ1) is 14.0. The number of nitrogens with zero attached hydrogens (tertiary/aromatic N) is 4. The van der Waals surface area contributed by atoms with Crippen LogP contribution in [0.5, 0.6) is 0 Å². The number of nitrogens with two attached hydrogens (primary N) is 1. The van der Waals surface area contributed by atoms with E-state index in [0.717, 1.165) is 16.9 Å². The molecule has 0 amide bonds. The van der Waals surface area contributed by atoms with Crippen LogP contribution in [0.15, 0.2) is 52.4 Å². The quantitative estimate of drug-likeness (QED) is 0.804. The van der Waals surface area contributed by atoms with Crippen molar-refractivity contribution in [3.8, 4) is 0 Å². The highest BCUT2D eigenvalue weighted by Gasteiger charge is 2.32. The van der Waals surface area contributed by atoms with E-state index in [-0.39, 0.29) is 11.8 Å². The first-order valence-corrected chi connectivity index (χ1v) is 9.71. The monoisotopic (exact) mass is 416 g/mol. The van der Waals surface area contributed by atoms with E-state index in [1.165, 1.54) is 12.1 Å². The Kier molecular flexibility index (Phi) is 5.55. The molecule has 152 valence electrons. The van der Waals surface area contributed by atoms with Gasteiger partial charge in [0.15, 0.2) is 0 Å². The van der Waals surface area contributed by atoms with Gasteiger partial charge in [-0.25, -0.2) is 9.38 Å². The van der Waals surface area contributed by atoms with Crippen LogP contribution >= 0.6 is 11.6 Å². The molecule has 0 aromatic heterocycles. The van der Waals surface area contributed by atoms with Crippen LogP contribution in [0.25, 0.3) is 0 Å². The summed E-state index contributed by atoms with van der Waals surface area (Å²) in [6, 6.07) is 11.9. The van der Waals surface area contributed by atoms with Crippen LogP contribution in [0.1, 0.15) is 5.56 Å². The summed E-state index contributed by atoms with van der Waals surface area (Å²) in [7, 11) is 0. The molecule has 2 heterocycles. The number of anilines is 2. The number of rotatable bonds is 3. The Bertz CT molecular complexity index is 942. The molecular formula is C20H22ClFN6O. The topological polar surface area (TPSA) is 78.5 Å². The normalized spacial score (nSPS) is 19.6. The smallest absolute Gasteiger partial charge is 0.222 e. The molecule has 29 heavy (non-hydrogen) atoms. The molecular weight excluding hydrogens is 395 g/mol. The fourth-order valence-electron chi connectivity index (χ4n) is 3.25. The number of aryl methyl sites for hydroxylation is 1. The van der Waals surface area contributed by atoms with E-state index in [0.29, 0.717) is 37.3 Å². The molecule has 0 bridgehead atoms. The second-order valence-electron chi connectivity index (χ2n) is 6.83. The predicted molar refractivity (Wildman–Crippen MR) is 114 cm³/mol. The van der Waals surface area contributed by atoms with Gasteiger partial charge in [-0.2, -0.15) is 4.99 Å². The molecule has 1 unspecified atom stereocenters. The highest BCUT2D eigenvalue weighted by molar-refractivity contribution is 6.31. The van der Waals surface area contributed by atoms with Crippen molar-refractivity contribution < 1.29 is 9.13 Å². The summed E-state index contributed by atoms with van der Waals surface area (Å²) in [5, 5.41) is 4.00. The first kappa shape index (κ1) is 19.5. The zero-order valence-corrected chi connectivity index (χ0v) is 16.7. The van der Waals surface area contributed by atoms with E-state index in [2.05, 4.69) is 20.2 Å². The number of guanidine groups is 2. The first-order valence-electron chi connectivity index (χ1n) is 9.33. The van der Waals surface area contributed by atoms with E-state index in [1.807, 2.05) is 30.0 Å². The van der Waals surface area contributed by atoms with Crippen LogP contribution in [0.4, 0.5) is 15.8 Å². The predicted octanol–water partition coefficient (Wildman–Crippen LogP) is 3.01. The van der Waals surface area contributed by atoms with Crippen molar-refractivity contribution >= 4 is 34.9 Å². The van der Waals surface area contributed by atoms with Crippen molar-refractivity contribution in [2.45, 2.75) is 13.2 Å². The van der Waals surface area contributed by atoms with Crippen LogP contribution in [0.2, 0.25) is 5.02 Å². The number of ether oxygens (including phenoxy) is 1. The number of hydrogen-bond donors (Lipinski definition) is 2. The van der Waals surface area contributed by atoms with E-state index < -0.39 is 6.29 Å². The van der Waals surface area contributed by atoms with Crippen LogP contribution in [0, 0.1) is 12.7 Å². The SMILES string of the molecule is Cc1ccc(NC2N=C(N)N=C(N3CCOCC3)N2c2ccc(F)cc2)cc1Cl. The lowest BCUT2D eigenvalue weighted by atomic mass is 10.2. The van der Waals surface area contributed by atoms with Gasteiger partial charge in [0.05, 0.1) is 13.2 Å². The third-order valence-electron chi connectivity index (χ3n) is 4.80. The van der Waals surface area contributed by atoms with Crippen LogP contribution in [-0.4, -0.2) is 49.4 Å². The number of benzene rings is 2. The van der Waals surface area contributed by atoms with Gasteiger partial charge in [0.2, 0.25) is 18.2 Å². The average molecular weight is 417 g/mol. The molecule has 2 aliphatic heterocycles. The molecule has 0 radical (unpaired) electrons. The summed E-state index contributed by atoms with van der Waals surface area (Å²) < 4.78 is 19.0. The lowest BCUT2D eigenvalue weighted by Gasteiger charge is -2.41. The highest BCUT2D eigenvalue weighted by atomic mass is 35.5. The largest absolute Gasteiger partial charge is 0.378 e. The minimum Gasteiger partial charge on any atom is -0.378 e. The molecule has 2 aromatic carbocycles. The van der Waals surface area contributed by atoms with Gasteiger partial charge in [-0.15, -0.1) is 0 Å². The number of nitrogens with one attached hydrogen (secondary N) is 1. The zero-order valence-electron chi connectivity index (χ0n) is 16.0. The van der Waals surface area contributed by atoms with Crippen LogP contribution < -0.4 is 16.0 Å². The molecule has 1 fully saturated rings. The van der Waals surface area contributed by atoms with Crippen LogP contribution in [-0.2, 0) is 4.74 Å². The summed E-state index contributed by atoms with van der Waals surface area (Å²) in [6.07, 6.45) is -0.574. The lowest BCUT2D eigenvalue weighted by molar-refractivity contribution is 0.0671. The van der Waals surface area contributed by atoms with E-state index in [4.69, 9.17) is 22.1 Å². The Labute approximate surface area is 173 Å². The van der Waals surface area contributed by atoms with E-state index in [9.17, 15) is 4.39 Å². The summed E-state index contributed by atoms with van der Waals surface area (Å²) in [6.45, 7) is 4.48. The third-order valence-corrected chi connectivity index (χ3v) is 5.20. The molecule has 2 aromatic rings. The van der Waals surface area contributed by atoms with Gasteiger partial charge in [-0.1, -0.05) is 17.7 Å². The van der Waals surface area contributed by atoms with Crippen LogP contribution in [0.3, 0.4) is 0 Å². The Morgan fingerprint density at radius 1 is 1.17 bits per heavy atom. The summed E-state index contributed by atoms with van der Waals surface area (Å²) in [5.74, 6) is 0.497. The van der Waals surface area contributed by atoms with Gasteiger partial charge < -0.3 is 20.7 Å². The number of aliphatic imine (C=N–C) groups is 2. The number of hydrogen-bond acceptors (Lipinski definition) is 7. The second kappa shape index (κ2) is 8.26. The molecule has 9 heteroatoms. The summed E-state index contributed by atoms with van der Waals surface area (Å²) >= 11 is 6.28. The van der Waals surface area contributed by atoms with Gasteiger partial charge in [0, 0.05) is 29.5 Å². The minimum absolute atomic E-state index is 0.167. The summed E-state index contributed by atoms with van der Waals surface area (Å²) in [5.41, 5.74) is 8.56. The molecule has 2 aliphatic rings. The number of morpholine rings is 1. The molecule has 1 atom stereocenters. The van der Waals surface area contributed by atoms with Crippen molar-refractivity contribution in [1.82, 2.24) is 4.90 Å². The van der Waals surface area contributed by atoms with Crippen molar-refractivity contribution in [3.05, 3.63) is 58.9 Å². The maximum absolute atomic E-state index is 13.5. The highest BCUT2D eigenvalue weighted by Crippen LogP contribution is 2.26. The Balaban J connectivity index is 1.71. The molecule has 7 nitrogen and oxygen atoms in total. The Morgan fingerprint density at radius 2 is 1.90 bits per heavy atom. The minimum atomic E-state index is -0.574. The van der Waals surface area contributed by atoms with Gasteiger partial charge >= 0.3 is 0 Å². The molecule has 0 aliphatic carbocycles. The van der Waals surface area contributed by atoms with Gasteiger partial charge in [-0.05, 0) is 48.9 Å². The van der Waals surface area contributed by atoms with Crippen molar-refractivity contribution in [2.75, 3.05) is 36.5 Å². The summed E-state index contributed by atoms with van der Waals surface area (Å²) in [4.78, 5) is 13.0. The lowest BCUT2D eigenvalue weighted by Crippen LogP contribution is -2.57. The molecule has 0 spiro atoms.